The first-order valence-electron chi connectivity index (χ1n) is 6.23. The first kappa shape index (κ1) is 12.0. The van der Waals surface area contributed by atoms with E-state index >= 15 is 0 Å². The van der Waals surface area contributed by atoms with Crippen LogP contribution >= 0.6 is 0 Å². The van der Waals surface area contributed by atoms with Gasteiger partial charge in [-0.25, -0.2) is 0 Å². The summed E-state index contributed by atoms with van der Waals surface area (Å²) in [6.07, 6.45) is 3.52. The van der Waals surface area contributed by atoms with Crippen LogP contribution < -0.4 is 11.1 Å². The first-order chi connectivity index (χ1) is 7.58. The van der Waals surface area contributed by atoms with Gasteiger partial charge in [0.1, 0.15) is 6.10 Å². The van der Waals surface area contributed by atoms with E-state index in [0.717, 1.165) is 32.2 Å². The Kier molecular flexibility index (Phi) is 3.62. The van der Waals surface area contributed by atoms with Crippen molar-refractivity contribution in [2.24, 2.45) is 11.7 Å². The molecule has 2 rings (SSSR count). The van der Waals surface area contributed by atoms with Gasteiger partial charge in [-0.05, 0) is 32.6 Å². The summed E-state index contributed by atoms with van der Waals surface area (Å²) in [6, 6.07) is 0. The van der Waals surface area contributed by atoms with Crippen molar-refractivity contribution in [3.63, 3.8) is 0 Å². The summed E-state index contributed by atoms with van der Waals surface area (Å²) in [6.45, 7) is 4.26. The van der Waals surface area contributed by atoms with E-state index in [-0.39, 0.29) is 23.3 Å². The molecule has 1 saturated heterocycles. The molecule has 0 amide bonds. The lowest BCUT2D eigenvalue weighted by molar-refractivity contribution is -0.137. The van der Waals surface area contributed by atoms with Gasteiger partial charge in [-0.3, -0.25) is 4.79 Å². The van der Waals surface area contributed by atoms with E-state index in [4.69, 9.17) is 10.5 Å². The Morgan fingerprint density at radius 1 is 1.44 bits per heavy atom. The molecule has 0 radical (unpaired) electrons. The molecule has 1 unspecified atom stereocenters. The van der Waals surface area contributed by atoms with Crippen LogP contribution in [0.3, 0.4) is 0 Å². The number of hydrogen-bond donors (Lipinski definition) is 2. The first-order valence-corrected chi connectivity index (χ1v) is 6.23. The van der Waals surface area contributed by atoms with E-state index in [2.05, 4.69) is 12.2 Å². The number of hydrogen-bond acceptors (Lipinski definition) is 4. The normalized spacial score (nSPS) is 40.6. The summed E-state index contributed by atoms with van der Waals surface area (Å²) in [5.74, 6) is 0.448. The molecule has 1 aliphatic carbocycles. The maximum Gasteiger partial charge on any atom is 0.165 e. The number of ketones is 1. The molecule has 1 heterocycles. The smallest absolute Gasteiger partial charge is 0.165 e. The minimum absolute atomic E-state index is 0.0670. The zero-order chi connectivity index (χ0) is 11.6. The highest BCUT2D eigenvalue weighted by molar-refractivity contribution is 5.85. The lowest BCUT2D eigenvalue weighted by atomic mass is 9.76. The Labute approximate surface area is 96.9 Å². The average molecular weight is 226 g/mol. The second-order valence-corrected chi connectivity index (χ2v) is 5.39. The Balaban J connectivity index is 1.86. The predicted octanol–water partition coefficient (Wildman–Crippen LogP) is 0.452. The maximum atomic E-state index is 12.2. The van der Waals surface area contributed by atoms with E-state index < -0.39 is 0 Å². The monoisotopic (exact) mass is 226 g/mol. The van der Waals surface area contributed by atoms with Crippen LogP contribution in [0, 0.1) is 5.92 Å². The minimum atomic E-state index is -0.221. The van der Waals surface area contributed by atoms with Crippen LogP contribution in [-0.2, 0) is 9.53 Å². The zero-order valence-electron chi connectivity index (χ0n) is 10.00. The molecule has 16 heavy (non-hydrogen) atoms. The molecule has 0 bridgehead atoms. The van der Waals surface area contributed by atoms with Crippen LogP contribution in [0.15, 0.2) is 0 Å². The van der Waals surface area contributed by atoms with Gasteiger partial charge in [-0.2, -0.15) is 0 Å². The number of carbonyl (C=O) groups excluding carboxylic acids is 1. The highest BCUT2D eigenvalue weighted by Crippen LogP contribution is 2.31. The van der Waals surface area contributed by atoms with Gasteiger partial charge in [0.2, 0.25) is 0 Å². The van der Waals surface area contributed by atoms with Gasteiger partial charge in [0.25, 0.3) is 0 Å². The minimum Gasteiger partial charge on any atom is -0.368 e. The molecule has 1 saturated carbocycles. The van der Waals surface area contributed by atoms with E-state index in [1.807, 2.05) is 0 Å². The summed E-state index contributed by atoms with van der Waals surface area (Å²) in [7, 11) is 0. The summed E-state index contributed by atoms with van der Waals surface area (Å²) in [4.78, 5) is 12.2. The van der Waals surface area contributed by atoms with E-state index in [1.165, 1.54) is 0 Å². The number of nitrogens with two attached hydrogens (primary N) is 1. The van der Waals surface area contributed by atoms with Crippen molar-refractivity contribution in [3.05, 3.63) is 0 Å². The number of rotatable bonds is 2. The second kappa shape index (κ2) is 4.82. The third kappa shape index (κ3) is 2.81. The Morgan fingerprint density at radius 2 is 2.12 bits per heavy atom. The lowest BCUT2D eigenvalue weighted by Crippen LogP contribution is -2.48. The largest absolute Gasteiger partial charge is 0.368 e. The maximum absolute atomic E-state index is 12.2. The van der Waals surface area contributed by atoms with Crippen molar-refractivity contribution in [1.29, 1.82) is 0 Å². The lowest BCUT2D eigenvalue weighted by Gasteiger charge is -2.35. The van der Waals surface area contributed by atoms with Gasteiger partial charge < -0.3 is 15.8 Å². The SMILES string of the molecule is CC1(N)CCC(C(=O)C2CNCCO2)CC1. The fraction of sp³-hybridized carbons (Fsp3) is 0.917. The standard InChI is InChI=1S/C12H22N2O2/c1-12(13)4-2-9(3-5-12)11(15)10-8-14-6-7-16-10/h9-10,14H,2-8,13H2,1H3. The Bertz CT molecular complexity index is 250. The molecular formula is C12H22N2O2. The highest BCUT2D eigenvalue weighted by atomic mass is 16.5. The van der Waals surface area contributed by atoms with Crippen LogP contribution in [0.2, 0.25) is 0 Å². The molecular weight excluding hydrogens is 204 g/mol. The van der Waals surface area contributed by atoms with Gasteiger partial charge in [-0.15, -0.1) is 0 Å². The second-order valence-electron chi connectivity index (χ2n) is 5.39. The van der Waals surface area contributed by atoms with E-state index in [1.54, 1.807) is 0 Å². The van der Waals surface area contributed by atoms with Crippen molar-refractivity contribution in [1.82, 2.24) is 5.32 Å². The topological polar surface area (TPSA) is 64.4 Å². The molecule has 0 aromatic carbocycles. The van der Waals surface area contributed by atoms with Crippen LogP contribution in [0.4, 0.5) is 0 Å². The number of Topliss-reactive ketones (excluding diaryl/α,β-unsaturated/α-hetero) is 1. The van der Waals surface area contributed by atoms with Crippen LogP contribution in [0.1, 0.15) is 32.6 Å². The van der Waals surface area contributed by atoms with Crippen LogP contribution in [-0.4, -0.2) is 37.1 Å². The van der Waals surface area contributed by atoms with Gasteiger partial charge in [0.15, 0.2) is 5.78 Å². The van der Waals surface area contributed by atoms with Crippen molar-refractivity contribution < 1.29 is 9.53 Å². The third-order valence-electron chi connectivity index (χ3n) is 3.78. The van der Waals surface area contributed by atoms with Crippen molar-refractivity contribution in [2.45, 2.75) is 44.2 Å². The van der Waals surface area contributed by atoms with Crippen LogP contribution in [0.5, 0.6) is 0 Å². The highest BCUT2D eigenvalue weighted by Gasteiger charge is 2.34. The zero-order valence-corrected chi connectivity index (χ0v) is 10.00. The van der Waals surface area contributed by atoms with E-state index in [0.29, 0.717) is 13.2 Å². The molecule has 1 aliphatic heterocycles. The molecule has 1 atom stereocenters. The number of ether oxygens (including phenoxy) is 1. The Morgan fingerprint density at radius 3 is 2.69 bits per heavy atom. The molecule has 0 spiro atoms. The molecule has 2 fully saturated rings. The molecule has 3 N–H and O–H groups in total. The summed E-state index contributed by atoms with van der Waals surface area (Å²) in [5.41, 5.74) is 6.00. The van der Waals surface area contributed by atoms with Crippen molar-refractivity contribution in [3.8, 4) is 0 Å². The molecule has 92 valence electrons. The van der Waals surface area contributed by atoms with E-state index in [9.17, 15) is 4.79 Å². The summed E-state index contributed by atoms with van der Waals surface area (Å²) in [5, 5.41) is 3.20. The van der Waals surface area contributed by atoms with Gasteiger partial charge in [0, 0.05) is 24.5 Å². The molecule has 4 heteroatoms. The number of morpholine rings is 1. The summed E-state index contributed by atoms with van der Waals surface area (Å²) >= 11 is 0. The molecule has 0 aromatic heterocycles. The fourth-order valence-electron chi connectivity index (χ4n) is 2.57. The van der Waals surface area contributed by atoms with Crippen molar-refractivity contribution >= 4 is 5.78 Å². The molecule has 2 aliphatic rings. The predicted molar refractivity (Wildman–Crippen MR) is 62.2 cm³/mol. The van der Waals surface area contributed by atoms with Gasteiger partial charge in [-0.1, -0.05) is 0 Å². The number of nitrogens with one attached hydrogen (secondary N) is 1. The Hall–Kier alpha value is -0.450. The average Bonchev–Trinajstić information content (AvgIpc) is 2.29. The van der Waals surface area contributed by atoms with Crippen molar-refractivity contribution in [2.75, 3.05) is 19.7 Å². The number of carbonyl (C=O) groups is 1. The van der Waals surface area contributed by atoms with Crippen LogP contribution in [0.25, 0.3) is 0 Å². The van der Waals surface area contributed by atoms with Gasteiger partial charge in [0.05, 0.1) is 6.61 Å². The summed E-state index contributed by atoms with van der Waals surface area (Å²) < 4.78 is 5.50. The quantitative estimate of drug-likeness (QED) is 0.717. The molecule has 0 aromatic rings. The fourth-order valence-corrected chi connectivity index (χ4v) is 2.57. The van der Waals surface area contributed by atoms with Gasteiger partial charge >= 0.3 is 0 Å². The molecule has 4 nitrogen and oxygen atoms in total. The third-order valence-corrected chi connectivity index (χ3v) is 3.78.